The van der Waals surface area contributed by atoms with Gasteiger partial charge in [-0.3, -0.25) is 14.7 Å². The number of nitrogens with zero attached hydrogens (tertiary/aromatic N) is 3. The van der Waals surface area contributed by atoms with Crippen LogP contribution in [0.1, 0.15) is 24.2 Å². The molecule has 0 unspecified atom stereocenters. The number of furan rings is 1. The quantitative estimate of drug-likeness (QED) is 0.664. The molecule has 2 aromatic carbocycles. The van der Waals surface area contributed by atoms with Gasteiger partial charge in [0.15, 0.2) is 0 Å². The Balaban J connectivity index is 1.29. The fourth-order valence-corrected chi connectivity index (χ4v) is 4.86. The molecule has 1 saturated carbocycles. The van der Waals surface area contributed by atoms with Crippen LogP contribution < -0.4 is 0 Å². The second-order valence-electron chi connectivity index (χ2n) is 9.16. The van der Waals surface area contributed by atoms with Crippen molar-refractivity contribution < 1.29 is 9.21 Å². The molecule has 30 heavy (non-hydrogen) atoms. The van der Waals surface area contributed by atoms with Gasteiger partial charge >= 0.3 is 0 Å². The maximum Gasteiger partial charge on any atom is 0.256 e. The lowest BCUT2D eigenvalue weighted by molar-refractivity contribution is -0.129. The monoisotopic (exact) mass is 399 g/mol. The van der Waals surface area contributed by atoms with Crippen LogP contribution in [0.25, 0.3) is 22.1 Å². The molecule has 6 rings (SSSR count). The Morgan fingerprint density at radius 3 is 2.43 bits per heavy atom. The molecule has 1 amide bonds. The molecule has 0 atom stereocenters. The predicted octanol–water partition coefficient (Wildman–Crippen LogP) is 4.09. The van der Waals surface area contributed by atoms with Crippen LogP contribution in [0.3, 0.4) is 0 Å². The molecule has 5 nitrogen and oxygen atoms in total. The number of benzene rings is 2. The van der Waals surface area contributed by atoms with Crippen LogP contribution in [-0.4, -0.2) is 53.8 Å². The summed E-state index contributed by atoms with van der Waals surface area (Å²) >= 11 is 0. The molecule has 1 spiro atoms. The van der Waals surface area contributed by atoms with Crippen LogP contribution in [0.4, 0.5) is 0 Å². The second-order valence-corrected chi connectivity index (χ2v) is 9.16. The molecular weight excluding hydrogens is 374 g/mol. The third-order valence-electron chi connectivity index (χ3n) is 6.64. The summed E-state index contributed by atoms with van der Waals surface area (Å²) in [5, 5.41) is 1.12. The number of amidine groups is 1. The van der Waals surface area contributed by atoms with Crippen molar-refractivity contribution in [1.29, 1.82) is 0 Å². The highest BCUT2D eigenvalue weighted by atomic mass is 16.3. The molecule has 1 aliphatic carbocycles. The second kappa shape index (κ2) is 6.29. The van der Waals surface area contributed by atoms with Gasteiger partial charge in [0.25, 0.3) is 5.91 Å². The van der Waals surface area contributed by atoms with Crippen molar-refractivity contribution in [3.05, 3.63) is 59.9 Å². The standard InChI is InChI=1S/C25H25N3O2/c1-16-11-21-12-20(7-8-22(21)30-16)18-3-5-19(6-4-18)23-26-25(9-10-25)24(29)28(23)15-17-13-27(2)14-17/h3-8,11-12,17H,9-10,13-15H2,1-2H3. The molecular formula is C25H25N3O2. The van der Waals surface area contributed by atoms with E-state index in [0.717, 1.165) is 71.7 Å². The number of carbonyl (C=O) groups is 1. The summed E-state index contributed by atoms with van der Waals surface area (Å²) in [6, 6.07) is 16.8. The van der Waals surface area contributed by atoms with Crippen molar-refractivity contribution >= 4 is 22.7 Å². The number of hydrogen-bond donors (Lipinski definition) is 0. The summed E-state index contributed by atoms with van der Waals surface area (Å²) < 4.78 is 5.69. The number of fused-ring (bicyclic) bond motifs is 1. The van der Waals surface area contributed by atoms with Crippen molar-refractivity contribution in [2.45, 2.75) is 25.3 Å². The molecule has 3 aliphatic rings. The van der Waals surface area contributed by atoms with E-state index in [1.54, 1.807) is 0 Å². The van der Waals surface area contributed by atoms with Gasteiger partial charge < -0.3 is 9.32 Å². The lowest BCUT2D eigenvalue weighted by Crippen LogP contribution is -2.51. The van der Waals surface area contributed by atoms with E-state index in [9.17, 15) is 4.79 Å². The third-order valence-corrected chi connectivity index (χ3v) is 6.64. The fourth-order valence-electron chi connectivity index (χ4n) is 4.86. The Morgan fingerprint density at radius 1 is 1.03 bits per heavy atom. The van der Waals surface area contributed by atoms with Crippen LogP contribution in [0, 0.1) is 12.8 Å². The third kappa shape index (κ3) is 2.80. The molecule has 0 N–H and O–H groups in total. The zero-order valence-electron chi connectivity index (χ0n) is 17.4. The Hall–Kier alpha value is -2.92. The largest absolute Gasteiger partial charge is 0.461 e. The Kier molecular flexibility index (Phi) is 3.75. The minimum atomic E-state index is -0.451. The summed E-state index contributed by atoms with van der Waals surface area (Å²) in [4.78, 5) is 22.2. The zero-order valence-corrected chi connectivity index (χ0v) is 17.4. The summed E-state index contributed by atoms with van der Waals surface area (Å²) in [7, 11) is 2.13. The van der Waals surface area contributed by atoms with E-state index in [4.69, 9.17) is 9.41 Å². The van der Waals surface area contributed by atoms with E-state index in [0.29, 0.717) is 5.92 Å². The van der Waals surface area contributed by atoms with Crippen molar-refractivity contribution in [1.82, 2.24) is 9.80 Å². The topological polar surface area (TPSA) is 49.1 Å². The van der Waals surface area contributed by atoms with Gasteiger partial charge in [0.1, 0.15) is 22.7 Å². The first kappa shape index (κ1) is 17.9. The van der Waals surface area contributed by atoms with Gasteiger partial charge in [0.2, 0.25) is 0 Å². The molecule has 0 radical (unpaired) electrons. The van der Waals surface area contributed by atoms with Crippen LogP contribution in [0.2, 0.25) is 0 Å². The summed E-state index contributed by atoms with van der Waals surface area (Å²) in [5.74, 6) is 2.53. The smallest absolute Gasteiger partial charge is 0.256 e. The lowest BCUT2D eigenvalue weighted by atomic mass is 9.99. The Bertz CT molecular complexity index is 1180. The number of aliphatic imine (C=N–C) groups is 1. The first-order valence-electron chi connectivity index (χ1n) is 10.7. The van der Waals surface area contributed by atoms with Gasteiger partial charge in [-0.05, 0) is 56.1 Å². The molecule has 0 bridgehead atoms. The number of rotatable bonds is 4. The van der Waals surface area contributed by atoms with E-state index in [-0.39, 0.29) is 5.91 Å². The van der Waals surface area contributed by atoms with Gasteiger partial charge in [0.05, 0.1) is 0 Å². The zero-order chi connectivity index (χ0) is 20.5. The Morgan fingerprint density at radius 2 is 1.73 bits per heavy atom. The Labute approximate surface area is 176 Å². The SMILES string of the molecule is Cc1cc2cc(-c3ccc(C4=NC5(CC5)C(=O)N4CC4CN(C)C4)cc3)ccc2o1. The molecule has 2 aliphatic heterocycles. The first-order chi connectivity index (χ1) is 14.5. The number of likely N-dealkylation sites (tertiary alicyclic amines) is 1. The van der Waals surface area contributed by atoms with E-state index < -0.39 is 5.54 Å². The lowest BCUT2D eigenvalue weighted by Gasteiger charge is -2.38. The summed E-state index contributed by atoms with van der Waals surface area (Å²) in [6.45, 7) is 4.86. The van der Waals surface area contributed by atoms with Crippen molar-refractivity contribution in [3.63, 3.8) is 0 Å². The molecule has 1 saturated heterocycles. The van der Waals surface area contributed by atoms with Gasteiger partial charge in [-0.1, -0.05) is 30.3 Å². The van der Waals surface area contributed by atoms with E-state index in [2.05, 4.69) is 54.4 Å². The molecule has 1 aromatic heterocycles. The minimum absolute atomic E-state index is 0.205. The number of amides is 1. The van der Waals surface area contributed by atoms with Crippen molar-refractivity contribution in [3.8, 4) is 11.1 Å². The van der Waals surface area contributed by atoms with Gasteiger partial charge in [-0.2, -0.15) is 0 Å². The minimum Gasteiger partial charge on any atom is -0.461 e. The van der Waals surface area contributed by atoms with Gasteiger partial charge in [-0.15, -0.1) is 0 Å². The highest BCUT2D eigenvalue weighted by molar-refractivity contribution is 6.16. The van der Waals surface area contributed by atoms with E-state index in [1.807, 2.05) is 17.9 Å². The highest BCUT2D eigenvalue weighted by Gasteiger charge is 2.57. The van der Waals surface area contributed by atoms with E-state index in [1.165, 1.54) is 0 Å². The molecule has 3 heterocycles. The number of hydrogen-bond acceptors (Lipinski definition) is 4. The first-order valence-corrected chi connectivity index (χ1v) is 10.7. The van der Waals surface area contributed by atoms with Crippen molar-refractivity contribution in [2.75, 3.05) is 26.7 Å². The van der Waals surface area contributed by atoms with Gasteiger partial charge in [-0.25, -0.2) is 0 Å². The fraction of sp³-hybridized carbons (Fsp3) is 0.360. The van der Waals surface area contributed by atoms with Gasteiger partial charge in [0, 0.05) is 36.5 Å². The summed E-state index contributed by atoms with van der Waals surface area (Å²) in [5.41, 5.74) is 3.81. The molecule has 2 fully saturated rings. The number of aryl methyl sites for hydroxylation is 1. The van der Waals surface area contributed by atoms with Crippen LogP contribution in [-0.2, 0) is 4.79 Å². The van der Waals surface area contributed by atoms with E-state index >= 15 is 0 Å². The molecule has 5 heteroatoms. The average Bonchev–Trinajstić information content (AvgIpc) is 3.33. The van der Waals surface area contributed by atoms with Crippen LogP contribution in [0.5, 0.6) is 0 Å². The maximum atomic E-state index is 13.0. The molecule has 152 valence electrons. The summed E-state index contributed by atoms with van der Waals surface area (Å²) in [6.07, 6.45) is 1.78. The predicted molar refractivity (Wildman–Crippen MR) is 118 cm³/mol. The van der Waals surface area contributed by atoms with Crippen LogP contribution in [0.15, 0.2) is 57.9 Å². The number of carbonyl (C=O) groups excluding carboxylic acids is 1. The highest BCUT2D eigenvalue weighted by Crippen LogP contribution is 2.46. The van der Waals surface area contributed by atoms with Crippen molar-refractivity contribution in [2.24, 2.45) is 10.9 Å². The van der Waals surface area contributed by atoms with Crippen LogP contribution >= 0.6 is 0 Å². The normalized spacial score (nSPS) is 20.8. The average molecular weight is 399 g/mol. The maximum absolute atomic E-state index is 13.0. The molecule has 3 aromatic rings.